The van der Waals surface area contributed by atoms with Gasteiger partial charge in [0.2, 0.25) is 0 Å². The predicted molar refractivity (Wildman–Crippen MR) is 57.9 cm³/mol. The van der Waals surface area contributed by atoms with Crippen molar-refractivity contribution in [3.05, 3.63) is 11.6 Å². The minimum Gasteiger partial charge on any atom is -0.351 e. The summed E-state index contributed by atoms with van der Waals surface area (Å²) in [6.07, 6.45) is 2.70. The Morgan fingerprint density at radius 2 is 2.46 bits per heavy atom. The molecule has 2 rings (SSSR count). The van der Waals surface area contributed by atoms with E-state index in [4.69, 9.17) is 23.2 Å². The summed E-state index contributed by atoms with van der Waals surface area (Å²) in [6, 6.07) is 0. The fourth-order valence-corrected chi connectivity index (χ4v) is 2.41. The summed E-state index contributed by atoms with van der Waals surface area (Å²) in [5, 5.41) is 2.99. The molecule has 1 unspecified atom stereocenters. The van der Waals surface area contributed by atoms with Crippen LogP contribution in [0, 0.1) is 5.92 Å². The molecule has 1 heterocycles. The van der Waals surface area contributed by atoms with Crippen LogP contribution in [0.3, 0.4) is 0 Å². The van der Waals surface area contributed by atoms with E-state index in [0.29, 0.717) is 5.92 Å². The first-order chi connectivity index (χ1) is 6.09. The zero-order chi connectivity index (χ0) is 9.47. The fourth-order valence-electron chi connectivity index (χ4n) is 1.28. The second kappa shape index (κ2) is 3.30. The van der Waals surface area contributed by atoms with E-state index >= 15 is 0 Å². The van der Waals surface area contributed by atoms with Crippen molar-refractivity contribution in [3.63, 3.8) is 0 Å². The highest BCUT2D eigenvalue weighted by molar-refractivity contribution is 7.13. The molecule has 72 valence electrons. The van der Waals surface area contributed by atoms with Crippen molar-refractivity contribution < 1.29 is 0 Å². The maximum atomic E-state index is 5.93. The molecule has 1 fully saturated rings. The summed E-state index contributed by atoms with van der Waals surface area (Å²) in [5.74, 6) is 0.393. The quantitative estimate of drug-likeness (QED) is 0.751. The van der Waals surface area contributed by atoms with E-state index in [0.717, 1.165) is 18.1 Å². The zero-order valence-corrected chi connectivity index (χ0v) is 9.53. The molecule has 0 saturated heterocycles. The Morgan fingerprint density at radius 3 is 2.92 bits per heavy atom. The molecule has 1 aliphatic rings. The predicted octanol–water partition coefficient (Wildman–Crippen LogP) is 2.77. The third-order valence-corrected chi connectivity index (χ3v) is 4.01. The molecule has 0 radical (unpaired) electrons. The van der Waals surface area contributed by atoms with Crippen LogP contribution in [0.25, 0.3) is 0 Å². The minimum atomic E-state index is -0.481. The van der Waals surface area contributed by atoms with E-state index in [1.165, 1.54) is 0 Å². The van der Waals surface area contributed by atoms with E-state index in [9.17, 15) is 0 Å². The second-order valence-corrected chi connectivity index (χ2v) is 5.77. The second-order valence-electron chi connectivity index (χ2n) is 3.36. The molecule has 0 N–H and O–H groups in total. The van der Waals surface area contributed by atoms with Crippen molar-refractivity contribution in [2.45, 2.75) is 10.8 Å². The summed E-state index contributed by atoms with van der Waals surface area (Å²) in [4.78, 5) is 6.30. The molecule has 0 amide bonds. The van der Waals surface area contributed by atoms with Crippen molar-refractivity contribution in [2.75, 3.05) is 18.5 Å². The van der Waals surface area contributed by atoms with Crippen molar-refractivity contribution in [1.82, 2.24) is 4.98 Å². The Morgan fingerprint density at radius 1 is 1.77 bits per heavy atom. The molecule has 0 aromatic carbocycles. The highest BCUT2D eigenvalue weighted by atomic mass is 35.5. The van der Waals surface area contributed by atoms with Crippen LogP contribution in [0.2, 0.25) is 0 Å². The number of alkyl halides is 2. The number of thiazole rings is 1. The molecule has 0 bridgehead atoms. The van der Waals surface area contributed by atoms with Crippen LogP contribution in [0.4, 0.5) is 5.13 Å². The fraction of sp³-hybridized carbons (Fsp3) is 0.625. The number of hydrogen-bond acceptors (Lipinski definition) is 3. The Labute approximate surface area is 91.5 Å². The van der Waals surface area contributed by atoms with E-state index < -0.39 is 4.33 Å². The minimum absolute atomic E-state index is 0.393. The number of anilines is 1. The van der Waals surface area contributed by atoms with Crippen molar-refractivity contribution in [2.24, 2.45) is 5.92 Å². The molecule has 1 aromatic rings. The highest BCUT2D eigenvalue weighted by Gasteiger charge is 2.51. The molecule has 13 heavy (non-hydrogen) atoms. The van der Waals surface area contributed by atoms with E-state index in [1.807, 2.05) is 12.4 Å². The Kier molecular flexibility index (Phi) is 2.43. The maximum absolute atomic E-state index is 5.93. The first-order valence-corrected chi connectivity index (χ1v) is 5.71. The number of aromatic nitrogens is 1. The van der Waals surface area contributed by atoms with Gasteiger partial charge in [0, 0.05) is 31.1 Å². The molecule has 1 aromatic heterocycles. The molecule has 5 heteroatoms. The van der Waals surface area contributed by atoms with Crippen LogP contribution >= 0.6 is 34.5 Å². The lowest BCUT2D eigenvalue weighted by Crippen LogP contribution is -2.21. The van der Waals surface area contributed by atoms with Gasteiger partial charge in [-0.25, -0.2) is 4.98 Å². The SMILES string of the molecule is CN(CC1CC1(Cl)Cl)c1nccs1. The topological polar surface area (TPSA) is 16.1 Å². The van der Waals surface area contributed by atoms with Crippen LogP contribution in [-0.2, 0) is 0 Å². The maximum Gasteiger partial charge on any atom is 0.184 e. The van der Waals surface area contributed by atoms with Gasteiger partial charge in [-0.15, -0.1) is 34.5 Å². The number of hydrogen-bond donors (Lipinski definition) is 0. The van der Waals surface area contributed by atoms with E-state index in [2.05, 4.69) is 9.88 Å². The average Bonchev–Trinajstić information content (AvgIpc) is 2.58. The zero-order valence-electron chi connectivity index (χ0n) is 7.20. The normalized spacial score (nSPS) is 24.4. The molecular formula is C8H10Cl2N2S. The summed E-state index contributed by atoms with van der Waals surface area (Å²) in [5.41, 5.74) is 0. The first kappa shape index (κ1) is 9.56. The van der Waals surface area contributed by atoms with Crippen LogP contribution in [0.1, 0.15) is 6.42 Å². The Bertz CT molecular complexity index is 286. The van der Waals surface area contributed by atoms with Crippen LogP contribution in [-0.4, -0.2) is 22.9 Å². The van der Waals surface area contributed by atoms with Crippen molar-refractivity contribution in [3.8, 4) is 0 Å². The average molecular weight is 237 g/mol. The molecule has 1 atom stereocenters. The molecule has 1 aliphatic carbocycles. The van der Waals surface area contributed by atoms with Gasteiger partial charge in [-0.05, 0) is 6.42 Å². The van der Waals surface area contributed by atoms with Gasteiger partial charge in [-0.1, -0.05) is 0 Å². The lowest BCUT2D eigenvalue weighted by atomic mass is 10.4. The molecule has 1 saturated carbocycles. The molecule has 0 aliphatic heterocycles. The van der Waals surface area contributed by atoms with Crippen LogP contribution in [0.15, 0.2) is 11.6 Å². The van der Waals surface area contributed by atoms with Gasteiger partial charge < -0.3 is 4.90 Å². The molecule has 2 nitrogen and oxygen atoms in total. The van der Waals surface area contributed by atoms with Crippen LogP contribution < -0.4 is 4.90 Å². The Hall–Kier alpha value is 0.01000. The van der Waals surface area contributed by atoms with Crippen molar-refractivity contribution in [1.29, 1.82) is 0 Å². The van der Waals surface area contributed by atoms with Gasteiger partial charge in [0.1, 0.15) is 4.33 Å². The van der Waals surface area contributed by atoms with E-state index in [1.54, 1.807) is 17.5 Å². The highest BCUT2D eigenvalue weighted by Crippen LogP contribution is 2.53. The standard InChI is InChI=1S/C8H10Cl2N2S/c1-12(7-11-2-3-13-7)5-6-4-8(6,9)10/h2-3,6H,4-5H2,1H3. The number of rotatable bonds is 3. The van der Waals surface area contributed by atoms with Gasteiger partial charge >= 0.3 is 0 Å². The Balaban J connectivity index is 1.90. The van der Waals surface area contributed by atoms with Crippen LogP contribution in [0.5, 0.6) is 0 Å². The summed E-state index contributed by atoms with van der Waals surface area (Å²) < 4.78 is -0.481. The van der Waals surface area contributed by atoms with E-state index in [-0.39, 0.29) is 0 Å². The largest absolute Gasteiger partial charge is 0.351 e. The van der Waals surface area contributed by atoms with Gasteiger partial charge in [0.15, 0.2) is 5.13 Å². The summed E-state index contributed by atoms with van der Waals surface area (Å²) in [6.45, 7) is 0.889. The summed E-state index contributed by atoms with van der Waals surface area (Å²) in [7, 11) is 2.01. The third-order valence-electron chi connectivity index (χ3n) is 2.20. The van der Waals surface area contributed by atoms with Gasteiger partial charge in [-0.3, -0.25) is 0 Å². The van der Waals surface area contributed by atoms with Gasteiger partial charge in [0.25, 0.3) is 0 Å². The smallest absolute Gasteiger partial charge is 0.184 e. The van der Waals surface area contributed by atoms with Gasteiger partial charge in [0.05, 0.1) is 0 Å². The molecular weight excluding hydrogens is 227 g/mol. The number of halogens is 2. The van der Waals surface area contributed by atoms with Gasteiger partial charge in [-0.2, -0.15) is 0 Å². The lowest BCUT2D eigenvalue weighted by molar-refractivity contribution is 0.776. The third kappa shape index (κ3) is 2.09. The summed E-state index contributed by atoms with van der Waals surface area (Å²) >= 11 is 13.5. The monoisotopic (exact) mass is 236 g/mol. The lowest BCUT2D eigenvalue weighted by Gasteiger charge is -2.15. The molecule has 0 spiro atoms. The van der Waals surface area contributed by atoms with Crippen molar-refractivity contribution >= 4 is 39.7 Å². The first-order valence-electron chi connectivity index (χ1n) is 4.08. The number of nitrogens with zero attached hydrogens (tertiary/aromatic N) is 2.